The third-order valence-electron chi connectivity index (χ3n) is 13.3. The maximum absolute atomic E-state index is 2.24. The highest BCUT2D eigenvalue weighted by Gasteiger charge is 2.00. The Morgan fingerprint density at radius 3 is 0.697 bits per heavy atom. The van der Waals surface area contributed by atoms with Gasteiger partial charge in [0.1, 0.15) is 0 Å². The summed E-state index contributed by atoms with van der Waals surface area (Å²) >= 11 is 0. The Bertz CT molecular complexity index is 3080. The lowest BCUT2D eigenvalue weighted by Crippen LogP contribution is -1.86. The standard InChI is InChI=1S/3C14H14.C10H14.3C8H10/c1-11-3-7-13(8-4-11)14-9-5-12(2)6-10-14;1-11-6-8-13(9-7-11)14-5-3-4-12(2)10-14;1-11-7-9-13(10-8-11)14-6-4-3-5-12(14)2;1-7-5-9(3)10(4)6-8(7)2;1-7-3-5-8(2)6-4-7;1-7-4-3-5-8(2)6-7;1-7-5-3-4-6-8(7)2/h3*3-10H,1-2H3;5-6H,1-4H3;3*3-6H,1-2H3. The van der Waals surface area contributed by atoms with Crippen LogP contribution in [0, 0.1) is 111 Å². The Kier molecular flexibility index (Phi) is 25.4. The normalized spacial score (nSPS) is 9.84. The zero-order chi connectivity index (χ0) is 55.6. The Morgan fingerprint density at radius 1 is 0.145 bits per heavy atom. The average molecular weight is 1000 g/mol. The first-order valence-electron chi connectivity index (χ1n) is 26.8. The second-order valence-corrected chi connectivity index (χ2v) is 20.6. The molecule has 0 saturated carbocycles. The van der Waals surface area contributed by atoms with E-state index in [4.69, 9.17) is 0 Å². The van der Waals surface area contributed by atoms with E-state index >= 15 is 0 Å². The first kappa shape index (κ1) is 60.8. The number of benzene rings is 10. The molecule has 0 heterocycles. The molecule has 0 N–H and O–H groups in total. The monoisotopic (exact) mass is 999 g/mol. The van der Waals surface area contributed by atoms with Gasteiger partial charge < -0.3 is 0 Å². The minimum absolute atomic E-state index is 1.29. The summed E-state index contributed by atoms with van der Waals surface area (Å²) in [5, 5.41) is 0. The molecule has 0 fully saturated rings. The van der Waals surface area contributed by atoms with Gasteiger partial charge in [-0.1, -0.05) is 281 Å². The Balaban J connectivity index is 0.000000194. The summed E-state index contributed by atoms with van der Waals surface area (Å²) in [6.07, 6.45) is 0. The Labute approximate surface area is 461 Å². The molecule has 0 aliphatic rings. The summed E-state index contributed by atoms with van der Waals surface area (Å²) in [5.74, 6) is 0. The SMILES string of the molecule is Cc1cc(C)c(C)cc1C.Cc1ccc(-c2ccc(C)cc2)cc1.Cc1ccc(-c2cccc(C)c2)cc1.Cc1ccc(-c2ccccc2C)cc1.Cc1ccc(C)cc1.Cc1cccc(C)c1.Cc1ccccc1C. The first-order chi connectivity index (χ1) is 36.3. The van der Waals surface area contributed by atoms with Crippen LogP contribution in [0.3, 0.4) is 0 Å². The lowest BCUT2D eigenvalue weighted by Gasteiger charge is -2.05. The van der Waals surface area contributed by atoms with Gasteiger partial charge >= 0.3 is 0 Å². The quantitative estimate of drug-likeness (QED) is 0.165. The average Bonchev–Trinajstić information content (AvgIpc) is 3.40. The molecule has 0 aromatic heterocycles. The van der Waals surface area contributed by atoms with E-state index < -0.39 is 0 Å². The molecule has 0 heteroatoms. The topological polar surface area (TPSA) is 0 Å². The summed E-state index contributed by atoms with van der Waals surface area (Å²) in [4.78, 5) is 0. The van der Waals surface area contributed by atoms with Crippen LogP contribution in [-0.4, -0.2) is 0 Å². The van der Waals surface area contributed by atoms with E-state index in [9.17, 15) is 0 Å². The molecule has 10 rings (SSSR count). The van der Waals surface area contributed by atoms with E-state index in [1.165, 1.54) is 122 Å². The predicted octanol–water partition coefficient (Wildman–Crippen LogP) is 21.7. The van der Waals surface area contributed by atoms with Gasteiger partial charge in [0.15, 0.2) is 0 Å². The number of hydrogen-bond acceptors (Lipinski definition) is 0. The summed E-state index contributed by atoms with van der Waals surface area (Å²) in [6.45, 7) is 34.0. The highest BCUT2D eigenvalue weighted by atomic mass is 14.1. The van der Waals surface area contributed by atoms with Crippen molar-refractivity contribution >= 4 is 0 Å². The van der Waals surface area contributed by atoms with Gasteiger partial charge in [0, 0.05) is 0 Å². The van der Waals surface area contributed by atoms with Crippen molar-refractivity contribution < 1.29 is 0 Å². The molecule has 390 valence electrons. The van der Waals surface area contributed by atoms with E-state index in [2.05, 4.69) is 341 Å². The van der Waals surface area contributed by atoms with E-state index in [1.807, 2.05) is 0 Å². The smallest absolute Gasteiger partial charge is 0.0155 e. The maximum Gasteiger partial charge on any atom is -0.0155 e. The van der Waals surface area contributed by atoms with Crippen LogP contribution in [-0.2, 0) is 0 Å². The van der Waals surface area contributed by atoms with Gasteiger partial charge in [-0.3, -0.25) is 0 Å². The Morgan fingerprint density at radius 2 is 0.408 bits per heavy atom. The lowest BCUT2D eigenvalue weighted by molar-refractivity contribution is 1.24. The lowest BCUT2D eigenvalue weighted by atomic mass is 10.00. The molecule has 0 aliphatic carbocycles. The van der Waals surface area contributed by atoms with Gasteiger partial charge in [0.25, 0.3) is 0 Å². The number of hydrogen-bond donors (Lipinski definition) is 0. The fraction of sp³-hybridized carbons (Fsp3) is 0.211. The molecule has 10 aromatic rings. The second-order valence-electron chi connectivity index (χ2n) is 20.6. The fourth-order valence-electron chi connectivity index (χ4n) is 7.90. The largest absolute Gasteiger partial charge is 0.0620 e. The van der Waals surface area contributed by atoms with Gasteiger partial charge in [0.2, 0.25) is 0 Å². The van der Waals surface area contributed by atoms with Crippen molar-refractivity contribution in [2.45, 2.75) is 111 Å². The molecule has 0 saturated heterocycles. The molecule has 0 aliphatic heterocycles. The molecule has 0 nitrogen and oxygen atoms in total. The van der Waals surface area contributed by atoms with Gasteiger partial charge in [-0.2, -0.15) is 0 Å². The van der Waals surface area contributed by atoms with Gasteiger partial charge in [-0.25, -0.2) is 0 Å². The summed E-state index contributed by atoms with van der Waals surface area (Å²) in [7, 11) is 0. The summed E-state index contributed by atoms with van der Waals surface area (Å²) in [6, 6.07) is 81.4. The van der Waals surface area contributed by atoms with Crippen LogP contribution in [0.4, 0.5) is 0 Å². The molecule has 0 amide bonds. The number of aryl methyl sites for hydroxylation is 16. The zero-order valence-electron chi connectivity index (χ0n) is 48.9. The minimum Gasteiger partial charge on any atom is -0.0620 e. The molecule has 0 unspecified atom stereocenters. The van der Waals surface area contributed by atoms with Crippen molar-refractivity contribution in [3.63, 3.8) is 0 Å². The predicted molar refractivity (Wildman–Crippen MR) is 337 cm³/mol. The van der Waals surface area contributed by atoms with Crippen molar-refractivity contribution in [3.8, 4) is 33.4 Å². The van der Waals surface area contributed by atoms with E-state index in [-0.39, 0.29) is 0 Å². The van der Waals surface area contributed by atoms with E-state index in [0.29, 0.717) is 0 Å². The van der Waals surface area contributed by atoms with Crippen molar-refractivity contribution in [2.75, 3.05) is 0 Å². The maximum atomic E-state index is 2.24. The molecule has 76 heavy (non-hydrogen) atoms. The van der Waals surface area contributed by atoms with Crippen LogP contribution in [0.1, 0.15) is 89.0 Å². The Hall–Kier alpha value is -7.80. The third kappa shape index (κ3) is 22.4. The molecular formula is C76H86. The summed E-state index contributed by atoms with van der Waals surface area (Å²) in [5.41, 5.74) is 29.3. The van der Waals surface area contributed by atoms with Crippen LogP contribution in [0.25, 0.3) is 33.4 Å². The molecule has 0 bridgehead atoms. The van der Waals surface area contributed by atoms with Gasteiger partial charge in [0.05, 0.1) is 0 Å². The highest BCUT2D eigenvalue weighted by molar-refractivity contribution is 5.67. The van der Waals surface area contributed by atoms with Gasteiger partial charge in [-0.15, -0.1) is 0 Å². The van der Waals surface area contributed by atoms with E-state index in [0.717, 1.165) is 0 Å². The minimum atomic E-state index is 1.29. The number of rotatable bonds is 3. The third-order valence-corrected chi connectivity index (χ3v) is 13.3. The van der Waals surface area contributed by atoms with Crippen molar-refractivity contribution in [1.82, 2.24) is 0 Å². The van der Waals surface area contributed by atoms with E-state index in [1.54, 1.807) is 0 Å². The summed E-state index contributed by atoms with van der Waals surface area (Å²) < 4.78 is 0. The van der Waals surface area contributed by atoms with Crippen LogP contribution >= 0.6 is 0 Å². The molecule has 10 aromatic carbocycles. The van der Waals surface area contributed by atoms with Crippen LogP contribution < -0.4 is 0 Å². The highest BCUT2D eigenvalue weighted by Crippen LogP contribution is 2.24. The molecule has 0 radical (unpaired) electrons. The van der Waals surface area contributed by atoms with Gasteiger partial charge in [-0.05, 0) is 183 Å². The van der Waals surface area contributed by atoms with Crippen molar-refractivity contribution in [3.05, 3.63) is 320 Å². The van der Waals surface area contributed by atoms with Crippen LogP contribution in [0.2, 0.25) is 0 Å². The van der Waals surface area contributed by atoms with Crippen LogP contribution in [0.5, 0.6) is 0 Å². The molecule has 0 spiro atoms. The molecule has 0 atom stereocenters. The van der Waals surface area contributed by atoms with Crippen molar-refractivity contribution in [1.29, 1.82) is 0 Å². The second kappa shape index (κ2) is 31.8. The van der Waals surface area contributed by atoms with Crippen molar-refractivity contribution in [2.24, 2.45) is 0 Å². The molecular weight excluding hydrogens is 913 g/mol. The fourth-order valence-corrected chi connectivity index (χ4v) is 7.90. The first-order valence-corrected chi connectivity index (χ1v) is 26.8. The zero-order valence-corrected chi connectivity index (χ0v) is 48.9. The van der Waals surface area contributed by atoms with Crippen LogP contribution in [0.15, 0.2) is 231 Å².